The monoisotopic (exact) mass is 326 g/mol. The minimum atomic E-state index is -0.771. The molecule has 3 heteroatoms. The summed E-state index contributed by atoms with van der Waals surface area (Å²) in [6.07, 6.45) is 2.42. The third-order valence-electron chi connectivity index (χ3n) is 4.32. The van der Waals surface area contributed by atoms with E-state index in [2.05, 4.69) is 0 Å². The SMILES string of the molecule is Cc1ccc(-c2ccc(-c3ccc(C4CC4)s3)c(F)c2F)cc1. The first kappa shape index (κ1) is 14.6. The molecule has 1 heterocycles. The van der Waals surface area contributed by atoms with Gasteiger partial charge in [0.05, 0.1) is 0 Å². The van der Waals surface area contributed by atoms with E-state index in [-0.39, 0.29) is 0 Å². The molecule has 0 bridgehead atoms. The highest BCUT2D eigenvalue weighted by Gasteiger charge is 2.26. The molecule has 4 rings (SSSR count). The van der Waals surface area contributed by atoms with E-state index < -0.39 is 11.6 Å². The van der Waals surface area contributed by atoms with Gasteiger partial charge in [-0.15, -0.1) is 11.3 Å². The molecule has 23 heavy (non-hydrogen) atoms. The number of thiophene rings is 1. The van der Waals surface area contributed by atoms with Gasteiger partial charge in [0.2, 0.25) is 0 Å². The molecule has 116 valence electrons. The highest BCUT2D eigenvalue weighted by Crippen LogP contribution is 2.45. The van der Waals surface area contributed by atoms with Crippen molar-refractivity contribution in [2.75, 3.05) is 0 Å². The maximum atomic E-state index is 14.6. The van der Waals surface area contributed by atoms with Crippen LogP contribution in [0.1, 0.15) is 29.2 Å². The summed E-state index contributed by atoms with van der Waals surface area (Å²) in [6, 6.07) is 14.8. The summed E-state index contributed by atoms with van der Waals surface area (Å²) >= 11 is 1.58. The number of hydrogen-bond acceptors (Lipinski definition) is 1. The highest BCUT2D eigenvalue weighted by atomic mass is 32.1. The predicted molar refractivity (Wildman–Crippen MR) is 91.8 cm³/mol. The molecular weight excluding hydrogens is 310 g/mol. The fourth-order valence-electron chi connectivity index (χ4n) is 2.78. The standard InChI is InChI=1S/C20H16F2S/c1-12-2-4-13(5-3-12)15-8-9-16(20(22)19(15)21)18-11-10-17(23-18)14-6-7-14/h2-5,8-11,14H,6-7H2,1H3. The lowest BCUT2D eigenvalue weighted by Crippen LogP contribution is -1.93. The molecule has 0 nitrogen and oxygen atoms in total. The van der Waals surface area contributed by atoms with Crippen LogP contribution in [0.3, 0.4) is 0 Å². The Bertz CT molecular complexity index is 858. The Morgan fingerprint density at radius 1 is 0.826 bits per heavy atom. The second-order valence-corrected chi connectivity index (χ2v) is 7.25. The maximum Gasteiger partial charge on any atom is 0.168 e. The summed E-state index contributed by atoms with van der Waals surface area (Å²) in [5, 5.41) is 0. The molecule has 3 aromatic rings. The van der Waals surface area contributed by atoms with Crippen LogP contribution in [0.2, 0.25) is 0 Å². The normalized spacial score (nSPS) is 14.2. The van der Waals surface area contributed by atoms with Gasteiger partial charge in [-0.3, -0.25) is 0 Å². The van der Waals surface area contributed by atoms with Crippen LogP contribution in [0.5, 0.6) is 0 Å². The molecule has 0 N–H and O–H groups in total. The van der Waals surface area contributed by atoms with E-state index in [9.17, 15) is 8.78 Å². The number of rotatable bonds is 3. The van der Waals surface area contributed by atoms with Gasteiger partial charge in [-0.25, -0.2) is 8.78 Å². The van der Waals surface area contributed by atoms with Gasteiger partial charge in [0.1, 0.15) is 0 Å². The Morgan fingerprint density at radius 2 is 1.48 bits per heavy atom. The van der Waals surface area contributed by atoms with Crippen LogP contribution >= 0.6 is 11.3 Å². The molecule has 1 aliphatic carbocycles. The molecule has 0 unspecified atom stereocenters. The molecular formula is C20H16F2S. The topological polar surface area (TPSA) is 0 Å². The molecule has 0 spiro atoms. The Labute approximate surface area is 138 Å². The minimum absolute atomic E-state index is 0.310. The third kappa shape index (κ3) is 2.70. The number of benzene rings is 2. The fraction of sp³-hybridized carbons (Fsp3) is 0.200. The van der Waals surface area contributed by atoms with Crippen molar-refractivity contribution in [1.82, 2.24) is 0 Å². The first-order valence-electron chi connectivity index (χ1n) is 7.78. The molecule has 1 aliphatic rings. The van der Waals surface area contributed by atoms with Crippen LogP contribution in [0, 0.1) is 18.6 Å². The second kappa shape index (κ2) is 5.57. The van der Waals surface area contributed by atoms with E-state index in [1.807, 2.05) is 43.3 Å². The van der Waals surface area contributed by atoms with Crippen molar-refractivity contribution in [2.45, 2.75) is 25.7 Å². The summed E-state index contributed by atoms with van der Waals surface area (Å²) in [5.41, 5.74) is 2.46. The zero-order valence-corrected chi connectivity index (χ0v) is 13.6. The van der Waals surface area contributed by atoms with Gasteiger partial charge in [0.15, 0.2) is 11.6 Å². The lowest BCUT2D eigenvalue weighted by Gasteiger charge is -2.08. The number of aryl methyl sites for hydroxylation is 1. The van der Waals surface area contributed by atoms with Crippen LogP contribution in [0.4, 0.5) is 8.78 Å². The van der Waals surface area contributed by atoms with E-state index >= 15 is 0 Å². The van der Waals surface area contributed by atoms with Crippen molar-refractivity contribution in [3.63, 3.8) is 0 Å². The van der Waals surface area contributed by atoms with Crippen LogP contribution < -0.4 is 0 Å². The average Bonchev–Trinajstić information content (AvgIpc) is 3.29. The van der Waals surface area contributed by atoms with Crippen molar-refractivity contribution in [1.29, 1.82) is 0 Å². The summed E-state index contributed by atoms with van der Waals surface area (Å²) < 4.78 is 29.1. The summed E-state index contributed by atoms with van der Waals surface area (Å²) in [4.78, 5) is 2.08. The van der Waals surface area contributed by atoms with Crippen molar-refractivity contribution in [3.05, 3.63) is 70.6 Å². The van der Waals surface area contributed by atoms with E-state index in [0.717, 1.165) is 10.4 Å². The molecule has 1 saturated carbocycles. The Morgan fingerprint density at radius 3 is 2.17 bits per heavy atom. The maximum absolute atomic E-state index is 14.6. The molecule has 2 aromatic carbocycles. The molecule has 1 aromatic heterocycles. The van der Waals surface area contributed by atoms with Crippen molar-refractivity contribution in [2.24, 2.45) is 0 Å². The summed E-state index contributed by atoms with van der Waals surface area (Å²) in [5.74, 6) is -0.895. The molecule has 0 atom stereocenters. The van der Waals surface area contributed by atoms with E-state index in [1.165, 1.54) is 17.7 Å². The van der Waals surface area contributed by atoms with Gasteiger partial charge in [0.25, 0.3) is 0 Å². The van der Waals surface area contributed by atoms with E-state index in [4.69, 9.17) is 0 Å². The summed E-state index contributed by atoms with van der Waals surface area (Å²) in [6.45, 7) is 1.97. The first-order chi connectivity index (χ1) is 11.1. The molecule has 0 saturated heterocycles. The number of halogens is 2. The highest BCUT2D eigenvalue weighted by molar-refractivity contribution is 7.15. The minimum Gasteiger partial charge on any atom is -0.203 e. The summed E-state index contributed by atoms with van der Waals surface area (Å²) in [7, 11) is 0. The second-order valence-electron chi connectivity index (χ2n) is 6.13. The Hall–Kier alpha value is -2.00. The van der Waals surface area contributed by atoms with Crippen LogP contribution in [0.15, 0.2) is 48.5 Å². The van der Waals surface area contributed by atoms with Gasteiger partial charge < -0.3 is 0 Å². The predicted octanol–water partition coefficient (Wildman–Crippen LogP) is 6.55. The van der Waals surface area contributed by atoms with Crippen LogP contribution in [-0.4, -0.2) is 0 Å². The van der Waals surface area contributed by atoms with E-state index in [0.29, 0.717) is 22.6 Å². The smallest absolute Gasteiger partial charge is 0.168 e. The third-order valence-corrected chi connectivity index (χ3v) is 5.60. The lowest BCUT2D eigenvalue weighted by atomic mass is 10.0. The van der Waals surface area contributed by atoms with Gasteiger partial charge in [-0.05, 0) is 49.4 Å². The van der Waals surface area contributed by atoms with Crippen LogP contribution in [0.25, 0.3) is 21.6 Å². The average molecular weight is 326 g/mol. The van der Waals surface area contributed by atoms with Gasteiger partial charge in [-0.1, -0.05) is 35.9 Å². The van der Waals surface area contributed by atoms with Crippen molar-refractivity contribution >= 4 is 11.3 Å². The molecule has 0 radical (unpaired) electrons. The first-order valence-corrected chi connectivity index (χ1v) is 8.60. The fourth-order valence-corrected chi connectivity index (χ4v) is 3.98. The molecule has 1 fully saturated rings. The van der Waals surface area contributed by atoms with Gasteiger partial charge in [0, 0.05) is 20.9 Å². The molecule has 0 amide bonds. The zero-order valence-electron chi connectivity index (χ0n) is 12.8. The molecule has 0 aliphatic heterocycles. The quantitative estimate of drug-likeness (QED) is 0.512. The van der Waals surface area contributed by atoms with Gasteiger partial charge >= 0.3 is 0 Å². The van der Waals surface area contributed by atoms with Crippen LogP contribution in [-0.2, 0) is 0 Å². The van der Waals surface area contributed by atoms with Crippen molar-refractivity contribution < 1.29 is 8.78 Å². The Kier molecular flexibility index (Phi) is 3.53. The van der Waals surface area contributed by atoms with Crippen molar-refractivity contribution in [3.8, 4) is 21.6 Å². The number of hydrogen-bond donors (Lipinski definition) is 0. The zero-order chi connectivity index (χ0) is 16.0. The lowest BCUT2D eigenvalue weighted by molar-refractivity contribution is 0.514. The van der Waals surface area contributed by atoms with E-state index in [1.54, 1.807) is 23.5 Å². The van der Waals surface area contributed by atoms with Gasteiger partial charge in [-0.2, -0.15) is 0 Å². The Balaban J connectivity index is 1.74. The largest absolute Gasteiger partial charge is 0.203 e.